The van der Waals surface area contributed by atoms with Gasteiger partial charge >= 0.3 is 12.1 Å². The van der Waals surface area contributed by atoms with Gasteiger partial charge in [-0.3, -0.25) is 0 Å². The monoisotopic (exact) mass is 265 g/mol. The molecule has 1 nitrogen and oxygen atoms in total. The van der Waals surface area contributed by atoms with Gasteiger partial charge in [0.1, 0.15) is 0 Å². The number of benzene rings is 1. The number of nitrogens with two attached hydrogens (primary N) is 1. The van der Waals surface area contributed by atoms with Crippen LogP contribution in [0.2, 0.25) is 0 Å². The first-order valence-corrected chi connectivity index (χ1v) is 5.47. The van der Waals surface area contributed by atoms with Crippen LogP contribution in [-0.2, 0) is 12.3 Å². The summed E-state index contributed by atoms with van der Waals surface area (Å²) in [4.78, 5) is 0. The number of alkyl halides is 5. The van der Waals surface area contributed by atoms with Gasteiger partial charge in [0, 0.05) is 11.1 Å². The molecular weight excluding hydrogens is 253 g/mol. The summed E-state index contributed by atoms with van der Waals surface area (Å²) in [6, 6.07) is 4.19. The highest BCUT2D eigenvalue weighted by Crippen LogP contribution is 2.44. The van der Waals surface area contributed by atoms with Crippen LogP contribution in [-0.4, -0.2) is 11.7 Å². The summed E-state index contributed by atoms with van der Waals surface area (Å²) in [6.07, 6.45) is -3.36. The van der Waals surface area contributed by atoms with Crippen LogP contribution in [0.3, 0.4) is 0 Å². The number of rotatable bonds is 3. The van der Waals surface area contributed by atoms with E-state index in [2.05, 4.69) is 0 Å². The van der Waals surface area contributed by atoms with Gasteiger partial charge in [-0.15, -0.1) is 0 Å². The molecule has 1 aliphatic carbocycles. The Hall–Kier alpha value is -1.17. The standard InChI is InChI=1S/C12H12F5N/c13-11(14,12(15,16)17)9-3-1-8(2-4-9)7-10(18)5-6-10/h1-4H,5-7,18H2. The predicted octanol–water partition coefficient (Wildman–Crippen LogP) is 3.37. The minimum Gasteiger partial charge on any atom is -0.325 e. The lowest BCUT2D eigenvalue weighted by Gasteiger charge is -2.20. The lowest BCUT2D eigenvalue weighted by Crippen LogP contribution is -2.33. The SMILES string of the molecule is NC1(Cc2ccc(C(F)(F)C(F)(F)F)cc2)CC1. The Labute approximate surface area is 101 Å². The highest BCUT2D eigenvalue weighted by atomic mass is 19.4. The maximum atomic E-state index is 13.0. The summed E-state index contributed by atoms with van der Waals surface area (Å²) in [5.41, 5.74) is 5.18. The van der Waals surface area contributed by atoms with E-state index in [0.717, 1.165) is 25.0 Å². The Bertz CT molecular complexity index is 431. The van der Waals surface area contributed by atoms with Crippen molar-refractivity contribution in [3.05, 3.63) is 35.4 Å². The van der Waals surface area contributed by atoms with Crippen LogP contribution in [0.1, 0.15) is 24.0 Å². The highest BCUT2D eigenvalue weighted by Gasteiger charge is 2.58. The van der Waals surface area contributed by atoms with Crippen LogP contribution < -0.4 is 5.73 Å². The normalized spacial score (nSPS) is 18.8. The smallest absolute Gasteiger partial charge is 0.325 e. The molecular formula is C12H12F5N. The molecule has 0 saturated heterocycles. The molecule has 0 bridgehead atoms. The summed E-state index contributed by atoms with van der Waals surface area (Å²) >= 11 is 0. The summed E-state index contributed by atoms with van der Waals surface area (Å²) in [5.74, 6) is -4.81. The molecule has 1 aliphatic rings. The second-order valence-corrected chi connectivity index (χ2v) is 4.81. The van der Waals surface area contributed by atoms with E-state index in [1.165, 1.54) is 12.1 Å². The lowest BCUT2D eigenvalue weighted by atomic mass is 10.0. The quantitative estimate of drug-likeness (QED) is 0.833. The van der Waals surface area contributed by atoms with Crippen LogP contribution in [0.5, 0.6) is 0 Å². The van der Waals surface area contributed by atoms with Crippen LogP contribution in [0, 0.1) is 0 Å². The Morgan fingerprint density at radius 2 is 1.50 bits per heavy atom. The number of hydrogen-bond acceptors (Lipinski definition) is 1. The van der Waals surface area contributed by atoms with Crippen molar-refractivity contribution in [1.82, 2.24) is 0 Å². The fraction of sp³-hybridized carbons (Fsp3) is 0.500. The van der Waals surface area contributed by atoms with Gasteiger partial charge < -0.3 is 5.73 Å². The summed E-state index contributed by atoms with van der Waals surface area (Å²) in [6.45, 7) is 0. The third-order valence-corrected chi connectivity index (χ3v) is 3.12. The second-order valence-electron chi connectivity index (χ2n) is 4.81. The molecule has 0 aliphatic heterocycles. The van der Waals surface area contributed by atoms with E-state index in [1.807, 2.05) is 0 Å². The fourth-order valence-electron chi connectivity index (χ4n) is 1.74. The summed E-state index contributed by atoms with van der Waals surface area (Å²) in [7, 11) is 0. The first-order chi connectivity index (χ1) is 8.14. The van der Waals surface area contributed by atoms with E-state index in [4.69, 9.17) is 5.73 Å². The largest absolute Gasteiger partial charge is 0.458 e. The topological polar surface area (TPSA) is 26.0 Å². The van der Waals surface area contributed by atoms with Gasteiger partial charge in [-0.1, -0.05) is 24.3 Å². The van der Waals surface area contributed by atoms with Crippen LogP contribution in [0.4, 0.5) is 22.0 Å². The molecule has 1 fully saturated rings. The molecule has 18 heavy (non-hydrogen) atoms. The van der Waals surface area contributed by atoms with Gasteiger partial charge in [0.05, 0.1) is 0 Å². The van der Waals surface area contributed by atoms with Crippen LogP contribution >= 0.6 is 0 Å². The molecule has 2 N–H and O–H groups in total. The van der Waals surface area contributed by atoms with Gasteiger partial charge in [-0.05, 0) is 24.8 Å². The molecule has 6 heteroatoms. The van der Waals surface area contributed by atoms with Crippen molar-refractivity contribution >= 4 is 0 Å². The molecule has 1 aromatic rings. The van der Waals surface area contributed by atoms with Crippen molar-refractivity contribution in [3.63, 3.8) is 0 Å². The van der Waals surface area contributed by atoms with Crippen LogP contribution in [0.25, 0.3) is 0 Å². The lowest BCUT2D eigenvalue weighted by molar-refractivity contribution is -0.289. The van der Waals surface area contributed by atoms with E-state index in [9.17, 15) is 22.0 Å². The number of hydrogen-bond donors (Lipinski definition) is 1. The Kier molecular flexibility index (Phi) is 2.88. The minimum absolute atomic E-state index is 0.298. The second kappa shape index (κ2) is 3.91. The third-order valence-electron chi connectivity index (χ3n) is 3.12. The maximum Gasteiger partial charge on any atom is 0.458 e. The Morgan fingerprint density at radius 1 is 1.00 bits per heavy atom. The molecule has 0 atom stereocenters. The molecule has 1 saturated carbocycles. The molecule has 0 unspecified atom stereocenters. The first-order valence-electron chi connectivity index (χ1n) is 5.47. The Morgan fingerprint density at radius 3 is 1.89 bits per heavy atom. The molecule has 1 aromatic carbocycles. The maximum absolute atomic E-state index is 13.0. The van der Waals surface area contributed by atoms with Crippen molar-refractivity contribution in [2.24, 2.45) is 5.73 Å². The zero-order valence-electron chi connectivity index (χ0n) is 9.40. The van der Waals surface area contributed by atoms with Crippen molar-refractivity contribution in [3.8, 4) is 0 Å². The van der Waals surface area contributed by atoms with Gasteiger partial charge in [0.2, 0.25) is 0 Å². The molecule has 100 valence electrons. The van der Waals surface area contributed by atoms with E-state index in [-0.39, 0.29) is 5.54 Å². The van der Waals surface area contributed by atoms with E-state index < -0.39 is 17.7 Å². The zero-order chi connectivity index (χ0) is 13.6. The molecule has 0 heterocycles. The zero-order valence-corrected chi connectivity index (χ0v) is 9.40. The van der Waals surface area contributed by atoms with Crippen molar-refractivity contribution in [2.45, 2.75) is 36.9 Å². The van der Waals surface area contributed by atoms with Crippen LogP contribution in [0.15, 0.2) is 24.3 Å². The van der Waals surface area contributed by atoms with Gasteiger partial charge in [0.15, 0.2) is 0 Å². The minimum atomic E-state index is -5.57. The molecule has 0 spiro atoms. The summed E-state index contributed by atoms with van der Waals surface area (Å²) < 4.78 is 62.4. The average molecular weight is 265 g/mol. The molecule has 2 rings (SSSR count). The summed E-state index contributed by atoms with van der Waals surface area (Å²) in [5, 5.41) is 0. The van der Waals surface area contributed by atoms with Crippen molar-refractivity contribution in [2.75, 3.05) is 0 Å². The van der Waals surface area contributed by atoms with E-state index in [0.29, 0.717) is 12.0 Å². The van der Waals surface area contributed by atoms with Gasteiger partial charge in [-0.2, -0.15) is 22.0 Å². The van der Waals surface area contributed by atoms with Crippen molar-refractivity contribution < 1.29 is 22.0 Å². The molecule has 0 radical (unpaired) electrons. The third kappa shape index (κ3) is 2.48. The molecule has 0 amide bonds. The average Bonchev–Trinajstić information content (AvgIpc) is 2.95. The van der Waals surface area contributed by atoms with Gasteiger partial charge in [-0.25, -0.2) is 0 Å². The van der Waals surface area contributed by atoms with E-state index >= 15 is 0 Å². The molecule has 0 aromatic heterocycles. The predicted molar refractivity (Wildman–Crippen MR) is 56.2 cm³/mol. The highest BCUT2D eigenvalue weighted by molar-refractivity contribution is 5.29. The van der Waals surface area contributed by atoms with Gasteiger partial charge in [0.25, 0.3) is 0 Å². The fourth-order valence-corrected chi connectivity index (χ4v) is 1.74. The first kappa shape index (κ1) is 13.3. The van der Waals surface area contributed by atoms with E-state index in [1.54, 1.807) is 0 Å². The van der Waals surface area contributed by atoms with Crippen molar-refractivity contribution in [1.29, 1.82) is 0 Å². The number of halogens is 5. The Balaban J connectivity index is 2.17.